The summed E-state index contributed by atoms with van der Waals surface area (Å²) in [6, 6.07) is 22.7. The molecule has 4 rings (SSSR count). The minimum atomic E-state index is -0.0281. The molecule has 0 atom stereocenters. The van der Waals surface area contributed by atoms with Crippen molar-refractivity contribution >= 4 is 27.6 Å². The zero-order chi connectivity index (χ0) is 23.2. The third-order valence-corrected chi connectivity index (χ3v) is 6.56. The van der Waals surface area contributed by atoms with Crippen molar-refractivity contribution in [2.24, 2.45) is 0 Å². The van der Waals surface area contributed by atoms with Crippen LogP contribution in [0.3, 0.4) is 0 Å². The van der Waals surface area contributed by atoms with Crippen molar-refractivity contribution in [3.8, 4) is 0 Å². The van der Waals surface area contributed by atoms with Gasteiger partial charge in [-0.1, -0.05) is 68.4 Å². The predicted molar refractivity (Wildman–Crippen MR) is 137 cm³/mol. The summed E-state index contributed by atoms with van der Waals surface area (Å²) < 4.78 is 6.03. The van der Waals surface area contributed by atoms with Crippen LogP contribution in [0, 0.1) is 6.92 Å². The molecule has 0 unspecified atom stereocenters. The highest BCUT2D eigenvalue weighted by molar-refractivity contribution is 5.99. The molecule has 172 valence electrons. The van der Waals surface area contributed by atoms with E-state index >= 15 is 0 Å². The van der Waals surface area contributed by atoms with Crippen molar-refractivity contribution in [3.63, 3.8) is 0 Å². The summed E-state index contributed by atoms with van der Waals surface area (Å²) in [7, 11) is 0. The van der Waals surface area contributed by atoms with Gasteiger partial charge < -0.3 is 14.2 Å². The average Bonchev–Trinajstić information content (AvgIpc) is 3.19. The summed E-state index contributed by atoms with van der Waals surface area (Å²) in [5, 5.41) is 3.42. The van der Waals surface area contributed by atoms with Gasteiger partial charge in [0.05, 0.1) is 0 Å². The number of aryl methyl sites for hydroxylation is 1. The molecular weight excluding hydrogens is 408 g/mol. The second-order valence-electron chi connectivity index (χ2n) is 8.69. The first kappa shape index (κ1) is 23.1. The Bertz CT molecular complexity index is 1220. The maximum Gasteiger partial charge on any atom is 0.290 e. The van der Waals surface area contributed by atoms with E-state index in [1.165, 1.54) is 10.8 Å². The van der Waals surface area contributed by atoms with Gasteiger partial charge in [0.25, 0.3) is 5.91 Å². The smallest absolute Gasteiger partial charge is 0.290 e. The first-order valence-corrected chi connectivity index (χ1v) is 12.1. The number of para-hydroxylation sites is 1. The lowest BCUT2D eigenvalue weighted by Gasteiger charge is -2.24. The average molecular weight is 443 g/mol. The number of unbranched alkanes of at least 4 members (excludes halogenated alkanes) is 1. The van der Waals surface area contributed by atoms with Crippen LogP contribution in [0.2, 0.25) is 0 Å². The van der Waals surface area contributed by atoms with Crippen LogP contribution in [-0.2, 0) is 6.54 Å². The first-order valence-electron chi connectivity index (χ1n) is 12.1. The molecule has 0 aliphatic heterocycles. The lowest BCUT2D eigenvalue weighted by atomic mass is 10.1. The Morgan fingerprint density at radius 2 is 1.55 bits per heavy atom. The van der Waals surface area contributed by atoms with Crippen LogP contribution in [0.1, 0.15) is 48.4 Å². The number of hydrogen-bond acceptors (Lipinski definition) is 3. The Morgan fingerprint density at radius 1 is 0.848 bits per heavy atom. The van der Waals surface area contributed by atoms with Gasteiger partial charge >= 0.3 is 0 Å². The Balaban J connectivity index is 1.56. The molecule has 1 amide bonds. The van der Waals surface area contributed by atoms with Gasteiger partial charge in [-0.15, -0.1) is 0 Å². The van der Waals surface area contributed by atoms with Gasteiger partial charge in [-0.05, 0) is 67.9 Å². The van der Waals surface area contributed by atoms with Gasteiger partial charge in [0.2, 0.25) is 0 Å². The molecular formula is C29H34N2O2. The predicted octanol–water partition coefficient (Wildman–Crippen LogP) is 6.66. The largest absolute Gasteiger partial charge is 0.451 e. The molecule has 4 heteroatoms. The van der Waals surface area contributed by atoms with E-state index in [0.29, 0.717) is 18.8 Å². The topological polar surface area (TPSA) is 36.7 Å². The molecule has 33 heavy (non-hydrogen) atoms. The maximum atomic E-state index is 13.7. The summed E-state index contributed by atoms with van der Waals surface area (Å²) in [6.45, 7) is 10.9. The fraction of sp³-hybridized carbons (Fsp3) is 0.345. The molecule has 4 nitrogen and oxygen atoms in total. The molecule has 0 aliphatic carbocycles. The van der Waals surface area contributed by atoms with Gasteiger partial charge in [0.15, 0.2) is 5.76 Å². The van der Waals surface area contributed by atoms with E-state index in [4.69, 9.17) is 4.42 Å². The normalized spacial score (nSPS) is 11.5. The second kappa shape index (κ2) is 10.7. The Hall–Kier alpha value is -3.11. The Labute approximate surface area is 196 Å². The van der Waals surface area contributed by atoms with E-state index in [1.807, 2.05) is 36.1 Å². The molecule has 1 heterocycles. The number of fused-ring (bicyclic) bond motifs is 2. The monoisotopic (exact) mass is 442 g/mol. The molecule has 1 aromatic heterocycles. The fourth-order valence-electron chi connectivity index (χ4n) is 4.51. The minimum Gasteiger partial charge on any atom is -0.451 e. The van der Waals surface area contributed by atoms with Crippen molar-refractivity contribution in [2.45, 2.75) is 40.2 Å². The van der Waals surface area contributed by atoms with Crippen LogP contribution in [-0.4, -0.2) is 41.9 Å². The lowest BCUT2D eigenvalue weighted by molar-refractivity contribution is 0.0708. The summed E-state index contributed by atoms with van der Waals surface area (Å²) in [5.74, 6) is 0.431. The number of rotatable bonds is 10. The number of furan rings is 1. The van der Waals surface area contributed by atoms with E-state index in [1.54, 1.807) is 0 Å². The van der Waals surface area contributed by atoms with Gasteiger partial charge in [-0.2, -0.15) is 0 Å². The van der Waals surface area contributed by atoms with Crippen LogP contribution in [0.15, 0.2) is 71.1 Å². The van der Waals surface area contributed by atoms with Gasteiger partial charge in [-0.3, -0.25) is 4.79 Å². The molecule has 0 spiro atoms. The Kier molecular flexibility index (Phi) is 7.46. The molecule has 0 aliphatic rings. The van der Waals surface area contributed by atoms with E-state index in [9.17, 15) is 4.79 Å². The summed E-state index contributed by atoms with van der Waals surface area (Å²) in [6.07, 6.45) is 2.04. The molecule has 0 fully saturated rings. The highest BCUT2D eigenvalue weighted by atomic mass is 16.3. The van der Waals surface area contributed by atoms with E-state index < -0.39 is 0 Å². The maximum absolute atomic E-state index is 13.7. The third-order valence-electron chi connectivity index (χ3n) is 6.56. The SMILES string of the molecule is CCN(CC)CCCCN(Cc1ccc2ccccc2c1)C(=O)c1oc2ccccc2c1C. The number of carbonyl (C=O) groups excluding carboxylic acids is 1. The van der Waals surface area contributed by atoms with Crippen molar-refractivity contribution in [1.29, 1.82) is 0 Å². The third kappa shape index (κ3) is 5.28. The molecule has 0 saturated heterocycles. The zero-order valence-corrected chi connectivity index (χ0v) is 20.0. The molecule has 0 bridgehead atoms. The van der Waals surface area contributed by atoms with Gasteiger partial charge in [0.1, 0.15) is 5.58 Å². The molecule has 0 radical (unpaired) electrons. The van der Waals surface area contributed by atoms with Crippen molar-refractivity contribution < 1.29 is 9.21 Å². The number of amides is 1. The molecule has 0 saturated carbocycles. The van der Waals surface area contributed by atoms with E-state index in [0.717, 1.165) is 54.6 Å². The number of carbonyl (C=O) groups is 1. The number of hydrogen-bond donors (Lipinski definition) is 0. The summed E-state index contributed by atoms with van der Waals surface area (Å²) >= 11 is 0. The Morgan fingerprint density at radius 3 is 2.30 bits per heavy atom. The standard InChI is InChI=1S/C29H34N2O2/c1-4-30(5-2)18-10-11-19-31(21-23-16-17-24-12-6-7-13-25(24)20-23)29(32)28-22(3)26-14-8-9-15-27(26)33-28/h6-9,12-17,20H,4-5,10-11,18-19,21H2,1-3H3. The summed E-state index contributed by atoms with van der Waals surface area (Å²) in [4.78, 5) is 18.1. The van der Waals surface area contributed by atoms with Gasteiger partial charge in [-0.25, -0.2) is 0 Å². The van der Waals surface area contributed by atoms with E-state index in [2.05, 4.69) is 61.2 Å². The highest BCUT2D eigenvalue weighted by Gasteiger charge is 2.23. The highest BCUT2D eigenvalue weighted by Crippen LogP contribution is 2.27. The van der Waals surface area contributed by atoms with Crippen LogP contribution < -0.4 is 0 Å². The zero-order valence-electron chi connectivity index (χ0n) is 20.0. The van der Waals surface area contributed by atoms with E-state index in [-0.39, 0.29) is 5.91 Å². The number of benzene rings is 3. The van der Waals surface area contributed by atoms with Crippen LogP contribution in [0.5, 0.6) is 0 Å². The molecule has 4 aromatic rings. The van der Waals surface area contributed by atoms with Crippen molar-refractivity contribution in [1.82, 2.24) is 9.80 Å². The number of nitrogens with zero attached hydrogens (tertiary/aromatic N) is 2. The van der Waals surface area contributed by atoms with Gasteiger partial charge in [0, 0.05) is 24.0 Å². The molecule has 3 aromatic carbocycles. The molecule has 0 N–H and O–H groups in total. The lowest BCUT2D eigenvalue weighted by Crippen LogP contribution is -2.32. The minimum absolute atomic E-state index is 0.0281. The summed E-state index contributed by atoms with van der Waals surface area (Å²) in [5.41, 5.74) is 2.83. The first-order chi connectivity index (χ1) is 16.1. The van der Waals surface area contributed by atoms with Crippen molar-refractivity contribution in [3.05, 3.63) is 83.6 Å². The quantitative estimate of drug-likeness (QED) is 0.258. The van der Waals surface area contributed by atoms with Crippen LogP contribution >= 0.6 is 0 Å². The second-order valence-corrected chi connectivity index (χ2v) is 8.69. The van der Waals surface area contributed by atoms with Crippen LogP contribution in [0.4, 0.5) is 0 Å². The fourth-order valence-corrected chi connectivity index (χ4v) is 4.51. The van der Waals surface area contributed by atoms with Crippen LogP contribution in [0.25, 0.3) is 21.7 Å². The van der Waals surface area contributed by atoms with Crippen molar-refractivity contribution in [2.75, 3.05) is 26.2 Å².